The van der Waals surface area contributed by atoms with E-state index in [2.05, 4.69) is 41.6 Å². The summed E-state index contributed by atoms with van der Waals surface area (Å²) in [6, 6.07) is 9.77. The van der Waals surface area contributed by atoms with E-state index in [4.69, 9.17) is 0 Å². The van der Waals surface area contributed by atoms with E-state index in [0.29, 0.717) is 0 Å². The molecule has 0 saturated heterocycles. The molecule has 90 valence electrons. The SMILES string of the molecule is CNC1CCC(c2ccc3[nH]ccc3c2)CC1. The zero-order valence-electron chi connectivity index (χ0n) is 10.4. The van der Waals surface area contributed by atoms with Crippen LogP contribution in [0.25, 0.3) is 10.9 Å². The van der Waals surface area contributed by atoms with Crippen LogP contribution < -0.4 is 5.32 Å². The maximum Gasteiger partial charge on any atom is 0.0454 e. The maximum absolute atomic E-state index is 3.40. The molecule has 0 radical (unpaired) electrons. The second kappa shape index (κ2) is 4.53. The Kier molecular flexibility index (Phi) is 2.89. The number of fused-ring (bicyclic) bond motifs is 1. The second-order valence-corrected chi connectivity index (χ2v) is 5.16. The zero-order valence-corrected chi connectivity index (χ0v) is 10.4. The molecule has 1 aromatic carbocycles. The summed E-state index contributed by atoms with van der Waals surface area (Å²) in [6.45, 7) is 0. The molecule has 17 heavy (non-hydrogen) atoms. The van der Waals surface area contributed by atoms with E-state index < -0.39 is 0 Å². The molecule has 1 saturated carbocycles. The molecule has 3 rings (SSSR count). The van der Waals surface area contributed by atoms with Crippen molar-refractivity contribution in [3.8, 4) is 0 Å². The van der Waals surface area contributed by atoms with Crippen molar-refractivity contribution in [1.82, 2.24) is 10.3 Å². The summed E-state index contributed by atoms with van der Waals surface area (Å²) >= 11 is 0. The first-order valence-corrected chi connectivity index (χ1v) is 6.61. The third-order valence-electron chi connectivity index (χ3n) is 4.18. The van der Waals surface area contributed by atoms with E-state index in [-0.39, 0.29) is 0 Å². The number of nitrogens with one attached hydrogen (secondary N) is 2. The highest BCUT2D eigenvalue weighted by molar-refractivity contribution is 5.80. The number of H-pyrrole nitrogens is 1. The summed E-state index contributed by atoms with van der Waals surface area (Å²) in [5, 5.41) is 4.74. The normalized spacial score (nSPS) is 25.2. The quantitative estimate of drug-likeness (QED) is 0.810. The van der Waals surface area contributed by atoms with Crippen molar-refractivity contribution in [2.24, 2.45) is 0 Å². The molecule has 1 aliphatic rings. The largest absolute Gasteiger partial charge is 0.361 e. The van der Waals surface area contributed by atoms with Crippen LogP contribution in [0.2, 0.25) is 0 Å². The Bertz CT molecular complexity index is 492. The van der Waals surface area contributed by atoms with Gasteiger partial charge in [0.2, 0.25) is 0 Å². The first-order chi connectivity index (χ1) is 8.36. The Morgan fingerprint density at radius 3 is 2.71 bits per heavy atom. The van der Waals surface area contributed by atoms with Gasteiger partial charge in [-0.3, -0.25) is 0 Å². The smallest absolute Gasteiger partial charge is 0.0454 e. The summed E-state index contributed by atoms with van der Waals surface area (Å²) in [5.41, 5.74) is 2.77. The number of aromatic amines is 1. The van der Waals surface area contributed by atoms with Crippen molar-refractivity contribution in [3.05, 3.63) is 36.0 Å². The number of benzene rings is 1. The van der Waals surface area contributed by atoms with Gasteiger partial charge in [-0.05, 0) is 67.8 Å². The molecule has 0 spiro atoms. The summed E-state index contributed by atoms with van der Waals surface area (Å²) < 4.78 is 0. The highest BCUT2D eigenvalue weighted by Crippen LogP contribution is 2.33. The zero-order chi connectivity index (χ0) is 11.7. The monoisotopic (exact) mass is 228 g/mol. The van der Waals surface area contributed by atoms with Gasteiger partial charge in [0.05, 0.1) is 0 Å². The third kappa shape index (κ3) is 2.09. The standard InChI is InChI=1S/C15H20N2/c1-16-14-5-2-11(3-6-14)12-4-7-15-13(10-12)8-9-17-15/h4,7-11,14,16-17H,2-3,5-6H2,1H3. The van der Waals surface area contributed by atoms with Gasteiger partial charge >= 0.3 is 0 Å². The number of hydrogen-bond acceptors (Lipinski definition) is 1. The van der Waals surface area contributed by atoms with E-state index >= 15 is 0 Å². The molecule has 1 aliphatic carbocycles. The summed E-state index contributed by atoms with van der Waals surface area (Å²) in [7, 11) is 2.08. The molecule has 0 bridgehead atoms. The fraction of sp³-hybridized carbons (Fsp3) is 0.467. The molecule has 0 unspecified atom stereocenters. The molecule has 2 aromatic rings. The van der Waals surface area contributed by atoms with E-state index in [1.807, 2.05) is 6.20 Å². The minimum atomic E-state index is 0.738. The Balaban J connectivity index is 1.79. The van der Waals surface area contributed by atoms with Crippen LogP contribution >= 0.6 is 0 Å². The topological polar surface area (TPSA) is 27.8 Å². The third-order valence-corrected chi connectivity index (χ3v) is 4.18. The van der Waals surface area contributed by atoms with Gasteiger partial charge in [-0.1, -0.05) is 6.07 Å². The van der Waals surface area contributed by atoms with Gasteiger partial charge in [0.1, 0.15) is 0 Å². The van der Waals surface area contributed by atoms with E-state index in [9.17, 15) is 0 Å². The van der Waals surface area contributed by atoms with Crippen molar-refractivity contribution in [1.29, 1.82) is 0 Å². The van der Waals surface area contributed by atoms with Crippen LogP contribution in [0, 0.1) is 0 Å². The first-order valence-electron chi connectivity index (χ1n) is 6.61. The van der Waals surface area contributed by atoms with Gasteiger partial charge in [0.15, 0.2) is 0 Å². The number of aromatic nitrogens is 1. The maximum atomic E-state index is 3.40. The number of rotatable bonds is 2. The lowest BCUT2D eigenvalue weighted by Gasteiger charge is -2.28. The van der Waals surface area contributed by atoms with Crippen LogP contribution in [0.15, 0.2) is 30.5 Å². The van der Waals surface area contributed by atoms with Gasteiger partial charge < -0.3 is 10.3 Å². The van der Waals surface area contributed by atoms with Gasteiger partial charge in [0.25, 0.3) is 0 Å². The van der Waals surface area contributed by atoms with Crippen LogP contribution in [0.5, 0.6) is 0 Å². The van der Waals surface area contributed by atoms with E-state index in [1.165, 1.54) is 42.1 Å². The highest BCUT2D eigenvalue weighted by Gasteiger charge is 2.21. The Hall–Kier alpha value is -1.28. The van der Waals surface area contributed by atoms with Crippen LogP contribution in [0.4, 0.5) is 0 Å². The minimum absolute atomic E-state index is 0.738. The number of hydrogen-bond donors (Lipinski definition) is 2. The first kappa shape index (κ1) is 10.8. The predicted octanol–water partition coefficient (Wildman–Crippen LogP) is 3.41. The van der Waals surface area contributed by atoms with Crippen molar-refractivity contribution >= 4 is 10.9 Å². The molecule has 0 atom stereocenters. The lowest BCUT2D eigenvalue weighted by molar-refractivity contribution is 0.359. The molecule has 1 fully saturated rings. The summed E-state index contributed by atoms with van der Waals surface area (Å²) in [6.07, 6.45) is 7.29. The highest BCUT2D eigenvalue weighted by atomic mass is 14.9. The molecule has 0 amide bonds. The van der Waals surface area contributed by atoms with Crippen molar-refractivity contribution in [3.63, 3.8) is 0 Å². The van der Waals surface area contributed by atoms with Gasteiger partial charge in [0, 0.05) is 17.8 Å². The molecular weight excluding hydrogens is 208 g/mol. The summed E-state index contributed by atoms with van der Waals surface area (Å²) in [4.78, 5) is 3.26. The van der Waals surface area contributed by atoms with Crippen LogP contribution in [-0.2, 0) is 0 Å². The van der Waals surface area contributed by atoms with Crippen LogP contribution in [-0.4, -0.2) is 18.1 Å². The summed E-state index contributed by atoms with van der Waals surface area (Å²) in [5.74, 6) is 0.763. The Morgan fingerprint density at radius 2 is 1.94 bits per heavy atom. The van der Waals surface area contributed by atoms with Gasteiger partial charge in [-0.15, -0.1) is 0 Å². The molecule has 2 heteroatoms. The average Bonchev–Trinajstić information content (AvgIpc) is 2.86. The van der Waals surface area contributed by atoms with E-state index in [1.54, 1.807) is 0 Å². The van der Waals surface area contributed by atoms with Crippen molar-refractivity contribution in [2.75, 3.05) is 7.05 Å². The Morgan fingerprint density at radius 1 is 1.12 bits per heavy atom. The van der Waals surface area contributed by atoms with Gasteiger partial charge in [-0.2, -0.15) is 0 Å². The van der Waals surface area contributed by atoms with Crippen LogP contribution in [0.3, 0.4) is 0 Å². The fourth-order valence-electron chi connectivity index (χ4n) is 3.04. The minimum Gasteiger partial charge on any atom is -0.361 e. The fourth-order valence-corrected chi connectivity index (χ4v) is 3.04. The lowest BCUT2D eigenvalue weighted by Crippen LogP contribution is -2.29. The molecule has 2 N–H and O–H groups in total. The molecule has 1 heterocycles. The lowest BCUT2D eigenvalue weighted by atomic mass is 9.81. The van der Waals surface area contributed by atoms with E-state index in [0.717, 1.165) is 12.0 Å². The van der Waals surface area contributed by atoms with Crippen LogP contribution in [0.1, 0.15) is 37.2 Å². The molecule has 2 nitrogen and oxygen atoms in total. The van der Waals surface area contributed by atoms with Crippen molar-refractivity contribution in [2.45, 2.75) is 37.6 Å². The van der Waals surface area contributed by atoms with Crippen molar-refractivity contribution < 1.29 is 0 Å². The second-order valence-electron chi connectivity index (χ2n) is 5.16. The predicted molar refractivity (Wildman–Crippen MR) is 72.4 cm³/mol. The average molecular weight is 228 g/mol. The Labute approximate surface area is 102 Å². The molecular formula is C15H20N2. The van der Waals surface area contributed by atoms with Gasteiger partial charge in [-0.25, -0.2) is 0 Å². The molecule has 1 aromatic heterocycles. The molecule has 0 aliphatic heterocycles.